The Morgan fingerprint density at radius 1 is 1.12 bits per heavy atom. The maximum absolute atomic E-state index is 12.9. The number of hydrogen-bond donors (Lipinski definition) is 0. The molecule has 2 saturated heterocycles. The van der Waals surface area contributed by atoms with E-state index in [1.54, 1.807) is 6.07 Å². The molecule has 0 bridgehead atoms. The quantitative estimate of drug-likeness (QED) is 0.765. The maximum atomic E-state index is 12.9. The molecule has 3 aliphatic heterocycles. The standard InChI is InChI=1S/C15H16N2O6S2/c18-14-9-24-15(19)17(14)10-3-4-16(8-10)25(20,21)11-1-2-12-13(7-11)23-6-5-22-12/h1-2,7,10H,3-6,8-9H2. The van der Waals surface area contributed by atoms with Crippen LogP contribution >= 0.6 is 11.8 Å². The van der Waals surface area contributed by atoms with Crippen molar-refractivity contribution in [3.8, 4) is 11.5 Å². The number of imide groups is 1. The van der Waals surface area contributed by atoms with Gasteiger partial charge in [-0.15, -0.1) is 0 Å². The highest BCUT2D eigenvalue weighted by atomic mass is 32.2. The van der Waals surface area contributed by atoms with Crippen LogP contribution < -0.4 is 9.47 Å². The molecular formula is C15H16N2O6S2. The number of fused-ring (bicyclic) bond motifs is 1. The highest BCUT2D eigenvalue weighted by Crippen LogP contribution is 2.34. The Kier molecular flexibility index (Phi) is 4.13. The topological polar surface area (TPSA) is 93.2 Å². The van der Waals surface area contributed by atoms with Crippen molar-refractivity contribution in [1.82, 2.24) is 9.21 Å². The molecule has 1 atom stereocenters. The van der Waals surface area contributed by atoms with E-state index in [1.807, 2.05) is 0 Å². The van der Waals surface area contributed by atoms with Gasteiger partial charge in [0.15, 0.2) is 11.5 Å². The fourth-order valence-corrected chi connectivity index (χ4v) is 5.47. The van der Waals surface area contributed by atoms with Crippen molar-refractivity contribution in [2.45, 2.75) is 17.4 Å². The van der Waals surface area contributed by atoms with Crippen molar-refractivity contribution < 1.29 is 27.5 Å². The van der Waals surface area contributed by atoms with Crippen LogP contribution in [0.1, 0.15) is 6.42 Å². The Morgan fingerprint density at radius 2 is 1.88 bits per heavy atom. The lowest BCUT2D eigenvalue weighted by atomic mass is 10.2. The molecule has 4 rings (SSSR count). The lowest BCUT2D eigenvalue weighted by molar-refractivity contribution is -0.126. The van der Waals surface area contributed by atoms with Crippen LogP contribution in [0.15, 0.2) is 23.1 Å². The summed E-state index contributed by atoms with van der Waals surface area (Å²) in [5.74, 6) is 0.808. The molecule has 3 aliphatic rings. The number of benzene rings is 1. The van der Waals surface area contributed by atoms with Gasteiger partial charge in [0.25, 0.3) is 5.24 Å². The Balaban J connectivity index is 1.55. The second-order valence-electron chi connectivity index (χ2n) is 5.93. The van der Waals surface area contributed by atoms with Gasteiger partial charge < -0.3 is 9.47 Å². The molecule has 1 aromatic rings. The van der Waals surface area contributed by atoms with Crippen LogP contribution in [0.4, 0.5) is 4.79 Å². The minimum absolute atomic E-state index is 0.117. The fourth-order valence-electron chi connectivity index (χ4n) is 3.19. The number of ether oxygens (including phenoxy) is 2. The number of sulfonamides is 1. The van der Waals surface area contributed by atoms with Crippen LogP contribution in [0.2, 0.25) is 0 Å². The molecule has 25 heavy (non-hydrogen) atoms. The van der Waals surface area contributed by atoms with Gasteiger partial charge in [-0.25, -0.2) is 8.42 Å². The predicted octanol–water partition coefficient (Wildman–Crippen LogP) is 0.916. The number of amides is 2. The van der Waals surface area contributed by atoms with Crippen molar-refractivity contribution in [2.24, 2.45) is 0 Å². The van der Waals surface area contributed by atoms with Crippen LogP contribution in [0.3, 0.4) is 0 Å². The van der Waals surface area contributed by atoms with Crippen molar-refractivity contribution in [2.75, 3.05) is 32.1 Å². The smallest absolute Gasteiger partial charge is 0.289 e. The van der Waals surface area contributed by atoms with E-state index in [2.05, 4.69) is 0 Å². The molecule has 1 aromatic carbocycles. The van der Waals surface area contributed by atoms with Gasteiger partial charge in [0.2, 0.25) is 15.9 Å². The molecular weight excluding hydrogens is 368 g/mol. The van der Waals surface area contributed by atoms with Gasteiger partial charge in [-0.05, 0) is 18.6 Å². The molecule has 0 aromatic heterocycles. The van der Waals surface area contributed by atoms with Gasteiger partial charge in [0, 0.05) is 19.2 Å². The average molecular weight is 384 g/mol. The number of carbonyl (C=O) groups is 2. The molecule has 0 saturated carbocycles. The van der Waals surface area contributed by atoms with Gasteiger partial charge in [0.05, 0.1) is 16.7 Å². The summed E-state index contributed by atoms with van der Waals surface area (Å²) < 4.78 is 37.9. The van der Waals surface area contributed by atoms with E-state index in [4.69, 9.17) is 9.47 Å². The summed E-state index contributed by atoms with van der Waals surface area (Å²) in [5, 5.41) is -0.298. The molecule has 2 amide bonds. The monoisotopic (exact) mass is 384 g/mol. The SMILES string of the molecule is O=C1CSC(=O)N1C1CCN(S(=O)(=O)c2ccc3c(c2)OCCO3)C1. The van der Waals surface area contributed by atoms with E-state index in [0.29, 0.717) is 31.1 Å². The molecule has 0 radical (unpaired) electrons. The molecule has 2 fully saturated rings. The number of thioether (sulfide) groups is 1. The zero-order valence-corrected chi connectivity index (χ0v) is 14.8. The van der Waals surface area contributed by atoms with Gasteiger partial charge >= 0.3 is 0 Å². The van der Waals surface area contributed by atoms with Gasteiger partial charge in [0.1, 0.15) is 13.2 Å². The first-order chi connectivity index (χ1) is 12.0. The summed E-state index contributed by atoms with van der Waals surface area (Å²) in [7, 11) is -3.73. The summed E-state index contributed by atoms with van der Waals surface area (Å²) in [6.45, 7) is 1.19. The highest BCUT2D eigenvalue weighted by Gasteiger charge is 2.42. The van der Waals surface area contributed by atoms with Crippen LogP contribution in [-0.4, -0.2) is 66.9 Å². The van der Waals surface area contributed by atoms with E-state index in [-0.39, 0.29) is 34.9 Å². The van der Waals surface area contributed by atoms with E-state index in [9.17, 15) is 18.0 Å². The predicted molar refractivity (Wildman–Crippen MR) is 89.3 cm³/mol. The molecule has 8 nitrogen and oxygen atoms in total. The Morgan fingerprint density at radius 3 is 2.60 bits per heavy atom. The molecule has 134 valence electrons. The van der Waals surface area contributed by atoms with Gasteiger partial charge in [-0.1, -0.05) is 11.8 Å². The first kappa shape index (κ1) is 16.7. The molecule has 0 spiro atoms. The van der Waals surface area contributed by atoms with E-state index < -0.39 is 16.1 Å². The average Bonchev–Trinajstić information content (AvgIpc) is 3.21. The molecule has 3 heterocycles. The second kappa shape index (κ2) is 6.19. The minimum atomic E-state index is -3.73. The largest absolute Gasteiger partial charge is 0.486 e. The summed E-state index contributed by atoms with van der Waals surface area (Å²) in [6, 6.07) is 4.12. The second-order valence-corrected chi connectivity index (χ2v) is 8.79. The Hall–Kier alpha value is -1.78. The van der Waals surface area contributed by atoms with Crippen molar-refractivity contribution in [1.29, 1.82) is 0 Å². The number of hydrogen-bond acceptors (Lipinski definition) is 7. The molecule has 1 unspecified atom stereocenters. The molecule has 10 heteroatoms. The Bertz CT molecular complexity index is 824. The summed E-state index contributed by atoms with van der Waals surface area (Å²) in [5.41, 5.74) is 0. The fraction of sp³-hybridized carbons (Fsp3) is 0.467. The summed E-state index contributed by atoms with van der Waals surface area (Å²) in [4.78, 5) is 25.0. The normalized spacial score (nSPS) is 24.2. The van der Waals surface area contributed by atoms with Gasteiger partial charge in [-0.3, -0.25) is 14.5 Å². The maximum Gasteiger partial charge on any atom is 0.289 e. The number of rotatable bonds is 3. The van der Waals surface area contributed by atoms with E-state index in [0.717, 1.165) is 11.8 Å². The molecule has 0 N–H and O–H groups in total. The first-order valence-electron chi connectivity index (χ1n) is 7.85. The third-order valence-corrected chi connectivity index (χ3v) is 7.12. The third kappa shape index (κ3) is 2.87. The lowest BCUT2D eigenvalue weighted by Gasteiger charge is -2.23. The lowest BCUT2D eigenvalue weighted by Crippen LogP contribution is -2.41. The van der Waals surface area contributed by atoms with Crippen molar-refractivity contribution >= 4 is 32.9 Å². The van der Waals surface area contributed by atoms with Crippen LogP contribution in [0.5, 0.6) is 11.5 Å². The number of carbonyl (C=O) groups excluding carboxylic acids is 2. The number of nitrogens with zero attached hydrogens (tertiary/aromatic N) is 2. The van der Waals surface area contributed by atoms with E-state index >= 15 is 0 Å². The first-order valence-corrected chi connectivity index (χ1v) is 10.3. The summed E-state index contributed by atoms with van der Waals surface area (Å²) in [6.07, 6.45) is 0.446. The van der Waals surface area contributed by atoms with Crippen molar-refractivity contribution in [3.63, 3.8) is 0 Å². The van der Waals surface area contributed by atoms with Crippen molar-refractivity contribution in [3.05, 3.63) is 18.2 Å². The van der Waals surface area contributed by atoms with E-state index in [1.165, 1.54) is 21.3 Å². The Labute approximate surface area is 149 Å². The van der Waals surface area contributed by atoms with Crippen LogP contribution in [-0.2, 0) is 14.8 Å². The van der Waals surface area contributed by atoms with Crippen LogP contribution in [0, 0.1) is 0 Å². The molecule has 0 aliphatic carbocycles. The zero-order chi connectivity index (χ0) is 17.6. The summed E-state index contributed by atoms with van der Waals surface area (Å²) >= 11 is 0.960. The zero-order valence-electron chi connectivity index (χ0n) is 13.2. The van der Waals surface area contributed by atoms with Crippen LogP contribution in [0.25, 0.3) is 0 Å². The third-order valence-electron chi connectivity index (χ3n) is 4.43. The minimum Gasteiger partial charge on any atom is -0.486 e. The van der Waals surface area contributed by atoms with Gasteiger partial charge in [-0.2, -0.15) is 4.31 Å². The highest BCUT2D eigenvalue weighted by molar-refractivity contribution is 8.14.